The van der Waals surface area contributed by atoms with E-state index < -0.39 is 11.9 Å². The minimum Gasteiger partial charge on any atom is -0.462 e. The normalized spacial score (nSPS) is 10.5. The lowest BCUT2D eigenvalue weighted by Crippen LogP contribution is -2.33. The molecule has 0 saturated heterocycles. The summed E-state index contributed by atoms with van der Waals surface area (Å²) >= 11 is 0. The Morgan fingerprint density at radius 1 is 1.00 bits per heavy atom. The van der Waals surface area contributed by atoms with Gasteiger partial charge in [-0.2, -0.15) is 0 Å². The monoisotopic (exact) mass is 240 g/mol. The fraction of sp³-hybridized carbons (Fsp3) is 0.538. The molecule has 0 unspecified atom stereocenters. The van der Waals surface area contributed by atoms with Crippen molar-refractivity contribution in [3.05, 3.63) is 25.3 Å². The Morgan fingerprint density at radius 3 is 1.59 bits per heavy atom. The molecular formula is C13H20O4. The van der Waals surface area contributed by atoms with Crippen LogP contribution in [0, 0.1) is 5.41 Å². The van der Waals surface area contributed by atoms with Crippen LogP contribution in [0.4, 0.5) is 0 Å². The van der Waals surface area contributed by atoms with Crippen LogP contribution in [0.5, 0.6) is 0 Å². The van der Waals surface area contributed by atoms with Gasteiger partial charge in [-0.1, -0.05) is 27.0 Å². The summed E-state index contributed by atoms with van der Waals surface area (Å²) in [6, 6.07) is 0. The Kier molecular flexibility index (Phi) is 6.94. The van der Waals surface area contributed by atoms with Crippen molar-refractivity contribution >= 4 is 11.9 Å². The van der Waals surface area contributed by atoms with E-state index in [4.69, 9.17) is 9.47 Å². The Bertz CT molecular complexity index is 264. The molecule has 0 aliphatic heterocycles. The van der Waals surface area contributed by atoms with Gasteiger partial charge in [0.2, 0.25) is 0 Å². The first-order chi connectivity index (χ1) is 8.03. The van der Waals surface area contributed by atoms with Crippen LogP contribution >= 0.6 is 0 Å². The van der Waals surface area contributed by atoms with Gasteiger partial charge in [0.1, 0.15) is 13.2 Å². The maximum absolute atomic E-state index is 11.0. The van der Waals surface area contributed by atoms with Gasteiger partial charge in [0.05, 0.1) is 0 Å². The van der Waals surface area contributed by atoms with Crippen LogP contribution < -0.4 is 0 Å². The average Bonchev–Trinajstić information content (AvgIpc) is 2.38. The van der Waals surface area contributed by atoms with Crippen molar-refractivity contribution in [2.45, 2.75) is 26.7 Å². The molecule has 0 atom stereocenters. The molecule has 0 aliphatic rings. The Balaban J connectivity index is 4.43. The molecule has 0 bridgehead atoms. The number of hydrogen-bond donors (Lipinski definition) is 0. The van der Waals surface area contributed by atoms with E-state index in [1.807, 2.05) is 13.8 Å². The van der Waals surface area contributed by atoms with Crippen LogP contribution in [0.15, 0.2) is 25.3 Å². The largest absolute Gasteiger partial charge is 0.462 e. The maximum atomic E-state index is 11.0. The van der Waals surface area contributed by atoms with Crippen LogP contribution in [0.2, 0.25) is 0 Å². The summed E-state index contributed by atoms with van der Waals surface area (Å²) < 4.78 is 10.1. The molecule has 0 radical (unpaired) electrons. The van der Waals surface area contributed by atoms with Gasteiger partial charge >= 0.3 is 11.9 Å². The Labute approximate surface area is 102 Å². The molecule has 0 aromatic rings. The first-order valence-corrected chi connectivity index (χ1v) is 5.62. The van der Waals surface area contributed by atoms with Crippen molar-refractivity contribution in [3.63, 3.8) is 0 Å². The van der Waals surface area contributed by atoms with Gasteiger partial charge in [0, 0.05) is 17.6 Å². The zero-order valence-corrected chi connectivity index (χ0v) is 10.5. The molecule has 0 aliphatic carbocycles. The summed E-state index contributed by atoms with van der Waals surface area (Å²) in [5, 5.41) is 0. The van der Waals surface area contributed by atoms with Gasteiger partial charge in [-0.25, -0.2) is 9.59 Å². The first-order valence-electron chi connectivity index (χ1n) is 5.62. The van der Waals surface area contributed by atoms with Crippen LogP contribution in [-0.4, -0.2) is 25.2 Å². The lowest BCUT2D eigenvalue weighted by Gasteiger charge is -2.29. The third-order valence-corrected chi connectivity index (χ3v) is 2.87. The van der Waals surface area contributed by atoms with E-state index in [0.29, 0.717) is 0 Å². The lowest BCUT2D eigenvalue weighted by molar-refractivity contribution is -0.148. The van der Waals surface area contributed by atoms with Gasteiger partial charge in [-0.3, -0.25) is 0 Å². The van der Waals surface area contributed by atoms with Crippen molar-refractivity contribution in [2.75, 3.05) is 13.2 Å². The fourth-order valence-electron chi connectivity index (χ4n) is 1.27. The van der Waals surface area contributed by atoms with E-state index in [-0.39, 0.29) is 18.6 Å². The van der Waals surface area contributed by atoms with Crippen LogP contribution in [0.25, 0.3) is 0 Å². The van der Waals surface area contributed by atoms with Gasteiger partial charge in [-0.15, -0.1) is 0 Å². The molecular weight excluding hydrogens is 220 g/mol. The quantitative estimate of drug-likeness (QED) is 0.482. The highest BCUT2D eigenvalue weighted by molar-refractivity contribution is 5.81. The number of rotatable bonds is 8. The van der Waals surface area contributed by atoms with Crippen molar-refractivity contribution in [3.8, 4) is 0 Å². The van der Waals surface area contributed by atoms with Gasteiger partial charge in [0.25, 0.3) is 0 Å². The topological polar surface area (TPSA) is 52.6 Å². The number of carbonyl (C=O) groups excluding carboxylic acids is 2. The molecule has 4 nitrogen and oxygen atoms in total. The highest BCUT2D eigenvalue weighted by atomic mass is 16.5. The first kappa shape index (κ1) is 15.4. The summed E-state index contributed by atoms with van der Waals surface area (Å²) in [6.07, 6.45) is 3.73. The van der Waals surface area contributed by atoms with Crippen molar-refractivity contribution in [1.82, 2.24) is 0 Å². The minimum atomic E-state index is -0.466. The number of ether oxygens (including phenoxy) is 2. The minimum absolute atomic E-state index is 0.218. The maximum Gasteiger partial charge on any atom is 0.330 e. The van der Waals surface area contributed by atoms with E-state index in [1.165, 1.54) is 0 Å². The Hall–Kier alpha value is -1.58. The van der Waals surface area contributed by atoms with Crippen LogP contribution in [0.3, 0.4) is 0 Å². The van der Waals surface area contributed by atoms with Crippen molar-refractivity contribution < 1.29 is 19.1 Å². The predicted molar refractivity (Wildman–Crippen MR) is 65.3 cm³/mol. The van der Waals surface area contributed by atoms with E-state index in [1.54, 1.807) is 0 Å². The molecule has 0 aromatic heterocycles. The van der Waals surface area contributed by atoms with E-state index in [2.05, 4.69) is 13.2 Å². The number of esters is 2. The third-order valence-electron chi connectivity index (χ3n) is 2.87. The molecule has 0 N–H and O–H groups in total. The van der Waals surface area contributed by atoms with Crippen LogP contribution in [-0.2, 0) is 19.1 Å². The van der Waals surface area contributed by atoms with E-state index >= 15 is 0 Å². The number of carbonyl (C=O) groups is 2. The van der Waals surface area contributed by atoms with E-state index in [9.17, 15) is 9.59 Å². The molecule has 17 heavy (non-hydrogen) atoms. The fourth-order valence-corrected chi connectivity index (χ4v) is 1.27. The zero-order chi connectivity index (χ0) is 13.3. The molecule has 0 amide bonds. The summed E-state index contributed by atoms with van der Waals surface area (Å²) in [5.41, 5.74) is -0.336. The molecule has 0 saturated carbocycles. The Morgan fingerprint density at radius 2 is 1.35 bits per heavy atom. The second-order valence-electron chi connectivity index (χ2n) is 3.83. The molecule has 0 heterocycles. The number of hydrogen-bond acceptors (Lipinski definition) is 4. The smallest absolute Gasteiger partial charge is 0.330 e. The van der Waals surface area contributed by atoms with Gasteiger partial charge in [-0.05, 0) is 12.8 Å². The summed E-state index contributed by atoms with van der Waals surface area (Å²) in [7, 11) is 0. The SMILES string of the molecule is C=CC(=O)OCC(CC)(CC)COC(=O)C=C. The van der Waals surface area contributed by atoms with Crippen molar-refractivity contribution in [2.24, 2.45) is 5.41 Å². The second kappa shape index (κ2) is 7.65. The van der Waals surface area contributed by atoms with Crippen molar-refractivity contribution in [1.29, 1.82) is 0 Å². The third kappa shape index (κ3) is 5.33. The predicted octanol–water partition coefficient (Wildman–Crippen LogP) is 2.25. The molecule has 4 heteroatoms. The highest BCUT2D eigenvalue weighted by Crippen LogP contribution is 2.27. The molecule has 0 spiro atoms. The molecule has 0 aromatic carbocycles. The average molecular weight is 240 g/mol. The van der Waals surface area contributed by atoms with Crippen LogP contribution in [0.1, 0.15) is 26.7 Å². The zero-order valence-electron chi connectivity index (χ0n) is 10.5. The summed E-state index contributed by atoms with van der Waals surface area (Å²) in [4.78, 5) is 22.0. The highest BCUT2D eigenvalue weighted by Gasteiger charge is 2.29. The second-order valence-corrected chi connectivity index (χ2v) is 3.83. The molecule has 96 valence electrons. The standard InChI is InChI=1S/C13H20O4/c1-5-11(14)16-9-13(7-3,8-4)10-17-12(15)6-2/h5-6H,1-2,7-10H2,3-4H3. The van der Waals surface area contributed by atoms with E-state index in [0.717, 1.165) is 25.0 Å². The van der Waals surface area contributed by atoms with Gasteiger partial charge in [0.15, 0.2) is 0 Å². The van der Waals surface area contributed by atoms with Gasteiger partial charge < -0.3 is 9.47 Å². The molecule has 0 fully saturated rings. The summed E-state index contributed by atoms with van der Waals surface area (Å²) in [5.74, 6) is -0.933. The lowest BCUT2D eigenvalue weighted by atomic mass is 9.84. The summed E-state index contributed by atoms with van der Waals surface area (Å²) in [6.45, 7) is 11.0. The molecule has 0 rings (SSSR count).